The second-order valence-corrected chi connectivity index (χ2v) is 6.00. The van der Waals surface area contributed by atoms with Gasteiger partial charge in [-0.2, -0.15) is 0 Å². The molecule has 2 N–H and O–H groups in total. The standard InChI is InChI=1S/C19H33FN4O/c1-5-24(6-2)14-8-7-13-22-19(21-4)23-15-16(3)25-18-11-9-17(20)10-12-18/h9-12,16H,5-8,13-15H2,1-4H3,(H2,21,22,23). The molecule has 5 nitrogen and oxygen atoms in total. The van der Waals surface area contributed by atoms with Crippen LogP contribution in [0.4, 0.5) is 4.39 Å². The quantitative estimate of drug-likeness (QED) is 0.365. The van der Waals surface area contributed by atoms with Gasteiger partial charge in [0, 0.05) is 13.6 Å². The fraction of sp³-hybridized carbons (Fsp3) is 0.632. The van der Waals surface area contributed by atoms with Crippen molar-refractivity contribution in [3.05, 3.63) is 30.1 Å². The molecule has 0 aliphatic carbocycles. The third-order valence-electron chi connectivity index (χ3n) is 4.02. The molecule has 142 valence electrons. The van der Waals surface area contributed by atoms with E-state index in [1.807, 2.05) is 6.92 Å². The molecular weight excluding hydrogens is 319 g/mol. The second kappa shape index (κ2) is 12.5. The topological polar surface area (TPSA) is 48.9 Å². The molecule has 0 aromatic heterocycles. The van der Waals surface area contributed by atoms with Crippen molar-refractivity contribution in [2.75, 3.05) is 39.8 Å². The molecule has 1 atom stereocenters. The molecular formula is C19H33FN4O. The van der Waals surface area contributed by atoms with Crippen molar-refractivity contribution in [1.29, 1.82) is 0 Å². The zero-order valence-electron chi connectivity index (χ0n) is 16.0. The Hall–Kier alpha value is -1.82. The van der Waals surface area contributed by atoms with E-state index in [0.717, 1.165) is 38.6 Å². The zero-order chi connectivity index (χ0) is 18.5. The Morgan fingerprint density at radius 2 is 1.84 bits per heavy atom. The van der Waals surface area contributed by atoms with E-state index in [-0.39, 0.29) is 11.9 Å². The number of ether oxygens (including phenoxy) is 1. The van der Waals surface area contributed by atoms with Gasteiger partial charge in [-0.15, -0.1) is 0 Å². The lowest BCUT2D eigenvalue weighted by atomic mass is 10.3. The van der Waals surface area contributed by atoms with E-state index in [4.69, 9.17) is 4.74 Å². The lowest BCUT2D eigenvalue weighted by molar-refractivity contribution is 0.223. The van der Waals surface area contributed by atoms with Crippen molar-refractivity contribution < 1.29 is 9.13 Å². The SMILES string of the molecule is CCN(CC)CCCCNC(=NC)NCC(C)Oc1ccc(F)cc1. The molecule has 0 saturated heterocycles. The van der Waals surface area contributed by atoms with Crippen LogP contribution in [-0.2, 0) is 0 Å². The first-order valence-electron chi connectivity index (χ1n) is 9.18. The predicted octanol–water partition coefficient (Wildman–Crippen LogP) is 2.88. The zero-order valence-corrected chi connectivity index (χ0v) is 16.0. The van der Waals surface area contributed by atoms with Crippen molar-refractivity contribution in [2.45, 2.75) is 39.7 Å². The number of nitrogens with zero attached hydrogens (tertiary/aromatic N) is 2. The van der Waals surface area contributed by atoms with E-state index in [1.165, 1.54) is 18.6 Å². The van der Waals surface area contributed by atoms with Crippen LogP contribution in [0.1, 0.15) is 33.6 Å². The molecule has 0 aliphatic rings. The monoisotopic (exact) mass is 352 g/mol. The Kier molecular flexibility index (Phi) is 10.6. The van der Waals surface area contributed by atoms with Crippen LogP contribution in [0.25, 0.3) is 0 Å². The third-order valence-corrected chi connectivity index (χ3v) is 4.02. The highest BCUT2D eigenvalue weighted by Gasteiger charge is 2.06. The highest BCUT2D eigenvalue weighted by molar-refractivity contribution is 5.79. The number of guanidine groups is 1. The minimum atomic E-state index is -0.260. The Bertz CT molecular complexity index is 489. The summed E-state index contributed by atoms with van der Waals surface area (Å²) in [5.41, 5.74) is 0. The summed E-state index contributed by atoms with van der Waals surface area (Å²) < 4.78 is 18.6. The average molecular weight is 352 g/mol. The van der Waals surface area contributed by atoms with Gasteiger partial charge in [0.2, 0.25) is 0 Å². The van der Waals surface area contributed by atoms with Gasteiger partial charge >= 0.3 is 0 Å². The van der Waals surface area contributed by atoms with Gasteiger partial charge in [-0.3, -0.25) is 4.99 Å². The molecule has 1 aromatic rings. The summed E-state index contributed by atoms with van der Waals surface area (Å²) in [5, 5.41) is 6.57. The molecule has 0 spiro atoms. The van der Waals surface area contributed by atoms with Crippen LogP contribution in [0.3, 0.4) is 0 Å². The van der Waals surface area contributed by atoms with Crippen molar-refractivity contribution in [3.63, 3.8) is 0 Å². The number of halogens is 1. The molecule has 0 aliphatic heterocycles. The number of benzene rings is 1. The summed E-state index contributed by atoms with van der Waals surface area (Å²) in [6.07, 6.45) is 2.24. The van der Waals surface area contributed by atoms with E-state index >= 15 is 0 Å². The largest absolute Gasteiger partial charge is 0.489 e. The van der Waals surface area contributed by atoms with Gasteiger partial charge in [0.1, 0.15) is 17.7 Å². The van der Waals surface area contributed by atoms with Gasteiger partial charge in [0.05, 0.1) is 6.54 Å². The number of hydrogen-bond donors (Lipinski definition) is 2. The predicted molar refractivity (Wildman–Crippen MR) is 103 cm³/mol. The first-order valence-corrected chi connectivity index (χ1v) is 9.18. The lowest BCUT2D eigenvalue weighted by Gasteiger charge is -2.19. The average Bonchev–Trinajstić information content (AvgIpc) is 2.62. The van der Waals surface area contributed by atoms with Crippen LogP contribution in [-0.4, -0.2) is 56.7 Å². The Balaban J connectivity index is 2.19. The molecule has 1 rings (SSSR count). The number of nitrogens with one attached hydrogen (secondary N) is 2. The molecule has 1 aromatic carbocycles. The normalized spacial score (nSPS) is 13.0. The van der Waals surface area contributed by atoms with Crippen LogP contribution >= 0.6 is 0 Å². The smallest absolute Gasteiger partial charge is 0.191 e. The molecule has 1 unspecified atom stereocenters. The first kappa shape index (κ1) is 21.2. The molecule has 0 heterocycles. The van der Waals surface area contributed by atoms with Gasteiger partial charge in [0.15, 0.2) is 5.96 Å². The van der Waals surface area contributed by atoms with Gasteiger partial charge in [-0.05, 0) is 63.7 Å². The highest BCUT2D eigenvalue weighted by Crippen LogP contribution is 2.12. The van der Waals surface area contributed by atoms with Gasteiger partial charge in [0.25, 0.3) is 0 Å². The molecule has 0 bridgehead atoms. The van der Waals surface area contributed by atoms with Gasteiger partial charge < -0.3 is 20.3 Å². The van der Waals surface area contributed by atoms with Crippen molar-refractivity contribution >= 4 is 5.96 Å². The number of rotatable bonds is 11. The Morgan fingerprint density at radius 1 is 1.16 bits per heavy atom. The summed E-state index contributed by atoms with van der Waals surface area (Å²) in [5.74, 6) is 1.18. The Labute approximate surface area is 151 Å². The summed E-state index contributed by atoms with van der Waals surface area (Å²) in [6.45, 7) is 11.2. The minimum Gasteiger partial charge on any atom is -0.489 e. The third kappa shape index (κ3) is 9.29. The van der Waals surface area contributed by atoms with Gasteiger partial charge in [-0.25, -0.2) is 4.39 Å². The maximum atomic E-state index is 12.9. The number of unbranched alkanes of at least 4 members (excludes halogenated alkanes) is 1. The molecule has 25 heavy (non-hydrogen) atoms. The summed E-state index contributed by atoms with van der Waals surface area (Å²) in [4.78, 5) is 6.65. The van der Waals surface area contributed by atoms with Crippen molar-refractivity contribution in [3.8, 4) is 5.75 Å². The number of hydrogen-bond acceptors (Lipinski definition) is 3. The maximum Gasteiger partial charge on any atom is 0.191 e. The van der Waals surface area contributed by atoms with Crippen LogP contribution in [0.2, 0.25) is 0 Å². The van der Waals surface area contributed by atoms with E-state index in [9.17, 15) is 4.39 Å². The summed E-state index contributed by atoms with van der Waals surface area (Å²) >= 11 is 0. The highest BCUT2D eigenvalue weighted by atomic mass is 19.1. The fourth-order valence-electron chi connectivity index (χ4n) is 2.46. The van der Waals surface area contributed by atoms with Gasteiger partial charge in [-0.1, -0.05) is 13.8 Å². The van der Waals surface area contributed by atoms with E-state index < -0.39 is 0 Å². The van der Waals surface area contributed by atoms with Crippen molar-refractivity contribution in [2.24, 2.45) is 4.99 Å². The molecule has 0 radical (unpaired) electrons. The fourth-order valence-corrected chi connectivity index (χ4v) is 2.46. The van der Waals surface area contributed by atoms with Crippen LogP contribution in [0, 0.1) is 5.82 Å². The molecule has 0 saturated carbocycles. The minimum absolute atomic E-state index is 0.0494. The first-order chi connectivity index (χ1) is 12.1. The van der Waals surface area contributed by atoms with Crippen LogP contribution < -0.4 is 15.4 Å². The van der Waals surface area contributed by atoms with E-state index in [1.54, 1.807) is 19.2 Å². The second-order valence-electron chi connectivity index (χ2n) is 6.00. The van der Waals surface area contributed by atoms with Crippen molar-refractivity contribution in [1.82, 2.24) is 15.5 Å². The van der Waals surface area contributed by atoms with Crippen LogP contribution in [0.5, 0.6) is 5.75 Å². The summed E-state index contributed by atoms with van der Waals surface area (Å²) in [7, 11) is 1.76. The summed E-state index contributed by atoms with van der Waals surface area (Å²) in [6, 6.07) is 6.06. The maximum absolute atomic E-state index is 12.9. The lowest BCUT2D eigenvalue weighted by Crippen LogP contribution is -2.42. The van der Waals surface area contributed by atoms with E-state index in [2.05, 4.69) is 34.4 Å². The Morgan fingerprint density at radius 3 is 2.44 bits per heavy atom. The van der Waals surface area contributed by atoms with E-state index in [0.29, 0.717) is 12.3 Å². The number of aliphatic imine (C=N–C) groups is 1. The molecule has 0 amide bonds. The van der Waals surface area contributed by atoms with Crippen LogP contribution in [0.15, 0.2) is 29.3 Å². The molecule has 0 fully saturated rings. The molecule has 6 heteroatoms.